The van der Waals surface area contributed by atoms with E-state index in [0.717, 1.165) is 0 Å². The molecule has 0 N–H and O–H groups in total. The highest BCUT2D eigenvalue weighted by Crippen LogP contribution is 2.29. The van der Waals surface area contributed by atoms with Crippen LogP contribution in [0.5, 0.6) is 11.5 Å². The van der Waals surface area contributed by atoms with Crippen molar-refractivity contribution in [3.05, 3.63) is 53.6 Å². The molecule has 0 amide bonds. The van der Waals surface area contributed by atoms with Crippen LogP contribution in [0.4, 0.5) is 0 Å². The Kier molecular flexibility index (Phi) is 5.94. The van der Waals surface area contributed by atoms with Crippen LogP contribution in [0.2, 0.25) is 0 Å². The zero-order chi connectivity index (χ0) is 20.1. The van der Waals surface area contributed by atoms with Crippen molar-refractivity contribution in [1.29, 1.82) is 5.26 Å². The average Bonchev–Trinajstić information content (AvgIpc) is 2.74. The molecule has 0 saturated carbocycles. The summed E-state index contributed by atoms with van der Waals surface area (Å²) in [7, 11) is -2.49. The molecule has 1 aliphatic heterocycles. The lowest BCUT2D eigenvalue weighted by Crippen LogP contribution is -2.40. The van der Waals surface area contributed by atoms with Gasteiger partial charge in [0.25, 0.3) is 0 Å². The Labute approximate surface area is 162 Å². The standard InChI is InChI=1S/C19H18N2O6S/c1-25-17-7-4-15(19(22)27-16-5-2-14(13-20)3-6-16)12-18(17)28(23,24)21-8-10-26-11-9-21/h2-7,12H,8-11H2,1H3. The van der Waals surface area contributed by atoms with Crippen LogP contribution >= 0.6 is 0 Å². The molecule has 0 atom stereocenters. The minimum absolute atomic E-state index is 0.0667. The first-order chi connectivity index (χ1) is 13.5. The number of rotatable bonds is 5. The molecule has 0 aliphatic carbocycles. The predicted molar refractivity (Wildman–Crippen MR) is 98.7 cm³/mol. The second kappa shape index (κ2) is 8.39. The van der Waals surface area contributed by atoms with Crippen LogP contribution in [0.3, 0.4) is 0 Å². The molecule has 8 nitrogen and oxygen atoms in total. The Hall–Kier alpha value is -2.93. The van der Waals surface area contributed by atoms with Crippen molar-refractivity contribution in [3.8, 4) is 17.6 Å². The minimum Gasteiger partial charge on any atom is -0.495 e. The minimum atomic E-state index is -3.86. The van der Waals surface area contributed by atoms with E-state index in [2.05, 4.69) is 0 Å². The fourth-order valence-electron chi connectivity index (χ4n) is 2.69. The van der Waals surface area contributed by atoms with Gasteiger partial charge in [-0.15, -0.1) is 0 Å². The van der Waals surface area contributed by atoms with Gasteiger partial charge in [0.15, 0.2) is 0 Å². The van der Waals surface area contributed by atoms with E-state index >= 15 is 0 Å². The van der Waals surface area contributed by atoms with Gasteiger partial charge in [0, 0.05) is 13.1 Å². The van der Waals surface area contributed by atoms with Crippen molar-refractivity contribution >= 4 is 16.0 Å². The third-order valence-corrected chi connectivity index (χ3v) is 6.10. The molecule has 2 aromatic rings. The van der Waals surface area contributed by atoms with Crippen molar-refractivity contribution < 1.29 is 27.4 Å². The first-order valence-corrected chi connectivity index (χ1v) is 9.88. The first-order valence-electron chi connectivity index (χ1n) is 8.44. The van der Waals surface area contributed by atoms with Gasteiger partial charge in [0.2, 0.25) is 10.0 Å². The molecule has 28 heavy (non-hydrogen) atoms. The molecule has 0 unspecified atom stereocenters. The van der Waals surface area contributed by atoms with Gasteiger partial charge in [-0.1, -0.05) is 0 Å². The average molecular weight is 402 g/mol. The third kappa shape index (κ3) is 4.14. The van der Waals surface area contributed by atoms with Crippen LogP contribution in [0.15, 0.2) is 47.4 Å². The molecular weight excluding hydrogens is 384 g/mol. The van der Waals surface area contributed by atoms with Crippen molar-refractivity contribution in [3.63, 3.8) is 0 Å². The zero-order valence-electron chi connectivity index (χ0n) is 15.1. The van der Waals surface area contributed by atoms with E-state index in [-0.39, 0.29) is 35.0 Å². The Balaban J connectivity index is 1.89. The van der Waals surface area contributed by atoms with Gasteiger partial charge in [-0.3, -0.25) is 0 Å². The van der Waals surface area contributed by atoms with Gasteiger partial charge in [-0.25, -0.2) is 13.2 Å². The number of nitriles is 1. The SMILES string of the molecule is COc1ccc(C(=O)Oc2ccc(C#N)cc2)cc1S(=O)(=O)N1CCOCC1. The summed E-state index contributed by atoms with van der Waals surface area (Å²) in [5.74, 6) is -0.329. The number of methoxy groups -OCH3 is 1. The summed E-state index contributed by atoms with van der Waals surface area (Å²) in [6.45, 7) is 1.07. The first kappa shape index (κ1) is 19.8. The number of benzene rings is 2. The molecule has 3 rings (SSSR count). The lowest BCUT2D eigenvalue weighted by Gasteiger charge is -2.26. The van der Waals surface area contributed by atoms with E-state index < -0.39 is 16.0 Å². The molecule has 0 spiro atoms. The normalized spacial score (nSPS) is 14.9. The van der Waals surface area contributed by atoms with Gasteiger partial charge in [0.1, 0.15) is 16.4 Å². The highest BCUT2D eigenvalue weighted by molar-refractivity contribution is 7.89. The van der Waals surface area contributed by atoms with E-state index in [4.69, 9.17) is 19.5 Å². The summed E-state index contributed by atoms with van der Waals surface area (Å²) in [6, 6.07) is 12.1. The predicted octanol–water partition coefficient (Wildman–Crippen LogP) is 1.81. The van der Waals surface area contributed by atoms with Crippen LogP contribution in [0.25, 0.3) is 0 Å². The Morgan fingerprint density at radius 2 is 1.82 bits per heavy atom. The quantitative estimate of drug-likeness (QED) is 0.555. The number of ether oxygens (including phenoxy) is 3. The van der Waals surface area contributed by atoms with Crippen molar-refractivity contribution in [2.24, 2.45) is 0 Å². The smallest absolute Gasteiger partial charge is 0.343 e. The lowest BCUT2D eigenvalue weighted by molar-refractivity contribution is 0.0726. The van der Waals surface area contributed by atoms with E-state index in [1.54, 1.807) is 0 Å². The van der Waals surface area contributed by atoms with Gasteiger partial charge < -0.3 is 14.2 Å². The van der Waals surface area contributed by atoms with Crippen LogP contribution in [0, 0.1) is 11.3 Å². The second-order valence-electron chi connectivity index (χ2n) is 5.91. The van der Waals surface area contributed by atoms with Gasteiger partial charge >= 0.3 is 5.97 Å². The number of sulfonamides is 1. The number of carbonyl (C=O) groups excluding carboxylic acids is 1. The largest absolute Gasteiger partial charge is 0.495 e. The molecule has 1 heterocycles. The number of hydrogen-bond donors (Lipinski definition) is 0. The number of morpholine rings is 1. The number of carbonyl (C=O) groups is 1. The molecule has 2 aromatic carbocycles. The molecule has 0 radical (unpaired) electrons. The monoisotopic (exact) mass is 402 g/mol. The zero-order valence-corrected chi connectivity index (χ0v) is 15.9. The van der Waals surface area contributed by atoms with Gasteiger partial charge in [-0.05, 0) is 42.5 Å². The summed E-state index contributed by atoms with van der Waals surface area (Å²) in [5.41, 5.74) is 0.500. The Bertz CT molecular complexity index is 1010. The Morgan fingerprint density at radius 3 is 2.43 bits per heavy atom. The molecule has 0 aromatic heterocycles. The summed E-state index contributed by atoms with van der Waals surface area (Å²) >= 11 is 0. The Morgan fingerprint density at radius 1 is 1.14 bits per heavy atom. The summed E-state index contributed by atoms with van der Waals surface area (Å²) < 4.78 is 42.9. The lowest BCUT2D eigenvalue weighted by atomic mass is 10.2. The fourth-order valence-corrected chi connectivity index (χ4v) is 4.28. The molecule has 1 saturated heterocycles. The summed E-state index contributed by atoms with van der Waals surface area (Å²) in [6.07, 6.45) is 0. The highest BCUT2D eigenvalue weighted by atomic mass is 32.2. The van der Waals surface area contributed by atoms with E-state index in [1.807, 2.05) is 6.07 Å². The number of esters is 1. The molecule has 146 valence electrons. The maximum absolute atomic E-state index is 13.0. The second-order valence-corrected chi connectivity index (χ2v) is 7.81. The van der Waals surface area contributed by atoms with Crippen LogP contribution in [-0.4, -0.2) is 52.1 Å². The van der Waals surface area contributed by atoms with Crippen LogP contribution < -0.4 is 9.47 Å². The molecule has 1 fully saturated rings. The number of nitrogens with zero attached hydrogens (tertiary/aromatic N) is 2. The maximum Gasteiger partial charge on any atom is 0.343 e. The van der Waals surface area contributed by atoms with Crippen LogP contribution in [-0.2, 0) is 14.8 Å². The van der Waals surface area contributed by atoms with Crippen molar-refractivity contribution in [1.82, 2.24) is 4.31 Å². The molecule has 1 aliphatic rings. The molecule has 9 heteroatoms. The van der Waals surface area contributed by atoms with Crippen molar-refractivity contribution in [2.45, 2.75) is 4.90 Å². The number of hydrogen-bond acceptors (Lipinski definition) is 7. The summed E-state index contributed by atoms with van der Waals surface area (Å²) in [5, 5.41) is 8.81. The summed E-state index contributed by atoms with van der Waals surface area (Å²) in [4.78, 5) is 12.4. The maximum atomic E-state index is 13.0. The van der Waals surface area contributed by atoms with Crippen molar-refractivity contribution in [2.75, 3.05) is 33.4 Å². The third-order valence-electron chi connectivity index (χ3n) is 4.18. The van der Waals surface area contributed by atoms with Gasteiger partial charge in [-0.2, -0.15) is 9.57 Å². The van der Waals surface area contributed by atoms with E-state index in [1.165, 1.54) is 53.9 Å². The molecular formula is C19H18N2O6S. The highest BCUT2D eigenvalue weighted by Gasteiger charge is 2.30. The van der Waals surface area contributed by atoms with Gasteiger partial charge in [0.05, 0.1) is 37.5 Å². The fraction of sp³-hybridized carbons (Fsp3) is 0.263. The van der Waals surface area contributed by atoms with Crippen LogP contribution in [0.1, 0.15) is 15.9 Å². The topological polar surface area (TPSA) is 106 Å². The van der Waals surface area contributed by atoms with E-state index in [9.17, 15) is 13.2 Å². The molecule has 0 bridgehead atoms. The van der Waals surface area contributed by atoms with E-state index in [0.29, 0.717) is 18.8 Å².